The zero-order valence-corrected chi connectivity index (χ0v) is 34.3. The zero-order valence-electron chi connectivity index (χ0n) is 30.0. The monoisotopic (exact) mass is 892 g/mol. The Morgan fingerprint density at radius 3 is 2.77 bits per heavy atom. The number of unbranched alkanes of at least 4 members (excludes halogenated alkanes) is 1. The molecule has 48 heavy (non-hydrogen) atoms. The Kier molecular flexibility index (Phi) is 18.8. The third-order valence-electron chi connectivity index (χ3n) is 8.23. The zero-order chi connectivity index (χ0) is 34.9. The van der Waals surface area contributed by atoms with Crippen LogP contribution >= 0.6 is 41.0 Å². The number of hydrogen-bond donors (Lipinski definition) is 1. The van der Waals surface area contributed by atoms with Crippen LogP contribution in [0.5, 0.6) is 0 Å². The van der Waals surface area contributed by atoms with Crippen LogP contribution in [-0.2, 0) is 26.8 Å². The van der Waals surface area contributed by atoms with Gasteiger partial charge in [-0.05, 0) is 38.3 Å². The molecule has 2 aliphatic heterocycles. The summed E-state index contributed by atoms with van der Waals surface area (Å²) in [5.74, 6) is 3.30. The van der Waals surface area contributed by atoms with Crippen molar-refractivity contribution >= 4 is 50.9 Å². The second-order valence-electron chi connectivity index (χ2n) is 12.8. The van der Waals surface area contributed by atoms with E-state index >= 15 is 0 Å². The van der Waals surface area contributed by atoms with Gasteiger partial charge in [0.1, 0.15) is 5.76 Å². The fraction of sp³-hybridized carbons (Fsp3) is 0.590. The van der Waals surface area contributed by atoms with Crippen molar-refractivity contribution in [1.29, 1.82) is 0 Å². The van der Waals surface area contributed by atoms with E-state index in [9.17, 15) is 9.90 Å². The number of alkyl halides is 3. The number of aliphatic hydroxyl groups excluding tert-OH is 1. The molecule has 9 heteroatoms. The summed E-state index contributed by atoms with van der Waals surface area (Å²) < 4.78 is 33.3. The molecular weight excluding hydrogens is 834 g/mol. The first-order valence-electron chi connectivity index (χ1n) is 17.3. The summed E-state index contributed by atoms with van der Waals surface area (Å²) >= 11 is -1.78. The molecule has 0 fully saturated rings. The van der Waals surface area contributed by atoms with E-state index < -0.39 is 32.6 Å². The molecule has 6 atom stereocenters. The van der Waals surface area contributed by atoms with E-state index in [1.807, 2.05) is 18.2 Å². The molecule has 7 nitrogen and oxygen atoms in total. The summed E-state index contributed by atoms with van der Waals surface area (Å²) in [5.41, 5.74) is 2.74. The normalized spacial score (nSPS) is 27.1. The van der Waals surface area contributed by atoms with E-state index in [0.717, 1.165) is 54.5 Å². The number of allylic oxidation sites excluding steroid dienone is 11. The van der Waals surface area contributed by atoms with Crippen LogP contribution in [0.1, 0.15) is 73.1 Å². The number of halogens is 2. The molecule has 0 amide bonds. The summed E-state index contributed by atoms with van der Waals surface area (Å²) in [7, 11) is 0. The maximum absolute atomic E-state index is 12.5. The van der Waals surface area contributed by atoms with Crippen molar-refractivity contribution in [3.63, 3.8) is 0 Å². The fourth-order valence-corrected chi connectivity index (χ4v) is 9.31. The summed E-state index contributed by atoms with van der Waals surface area (Å²) in [6.45, 7) is 11.5. The topological polar surface area (TPSA) is 83.5 Å². The van der Waals surface area contributed by atoms with Crippen LogP contribution in [0.15, 0.2) is 83.1 Å². The molecule has 1 aliphatic carbocycles. The molecule has 0 spiro atoms. The number of hydrogen-bond acceptors (Lipinski definition) is 7. The number of rotatable bonds is 13. The van der Waals surface area contributed by atoms with Crippen LogP contribution in [0.3, 0.4) is 0 Å². The second kappa shape index (κ2) is 22.2. The van der Waals surface area contributed by atoms with Gasteiger partial charge in [0, 0.05) is 5.92 Å². The number of fused-ring (bicyclic) bond motifs is 2. The van der Waals surface area contributed by atoms with Gasteiger partial charge >= 0.3 is 181 Å². The van der Waals surface area contributed by atoms with Crippen LogP contribution in [0.25, 0.3) is 0 Å². The van der Waals surface area contributed by atoms with E-state index in [-0.39, 0.29) is 45.1 Å². The first-order valence-corrected chi connectivity index (χ1v) is 25.3. The average molecular weight is 893 g/mol. The summed E-state index contributed by atoms with van der Waals surface area (Å²) in [6.07, 6.45) is 23.3. The molecule has 2 heterocycles. The molecular formula is C39H58I2O7. The minimum absolute atomic E-state index is 0.166. The first kappa shape index (κ1) is 40.7. The van der Waals surface area contributed by atoms with Crippen molar-refractivity contribution in [1.82, 2.24) is 0 Å². The Morgan fingerprint density at radius 1 is 1.21 bits per heavy atom. The van der Waals surface area contributed by atoms with Gasteiger partial charge < -0.3 is 9.47 Å². The van der Waals surface area contributed by atoms with Crippen LogP contribution in [0.2, 0.25) is 0 Å². The molecule has 1 N–H and O–H groups in total. The molecule has 0 saturated heterocycles. The van der Waals surface area contributed by atoms with Crippen LogP contribution in [0.4, 0.5) is 0 Å². The summed E-state index contributed by atoms with van der Waals surface area (Å²) in [6, 6.07) is 0. The van der Waals surface area contributed by atoms with Crippen molar-refractivity contribution in [2.24, 2.45) is 23.7 Å². The van der Waals surface area contributed by atoms with Gasteiger partial charge in [-0.1, -0.05) is 51.5 Å². The predicted molar refractivity (Wildman–Crippen MR) is 214 cm³/mol. The van der Waals surface area contributed by atoms with Gasteiger partial charge in [0.05, 0.1) is 6.61 Å². The SMILES string of the molecule is C/C=C/C[C@H]1CCC(C)C=C/C(O[C@H](C)C(=O)OCCCC)=C\C=C\[C@@H](C)COC2=CCC3C=C(OCC(O)OI(C)C)CI=CC3=C21. The van der Waals surface area contributed by atoms with Crippen molar-refractivity contribution in [3.8, 4) is 0 Å². The Labute approximate surface area is 307 Å². The molecule has 0 radical (unpaired) electrons. The van der Waals surface area contributed by atoms with Crippen LogP contribution in [0, 0.1) is 23.7 Å². The van der Waals surface area contributed by atoms with Crippen molar-refractivity contribution < 1.29 is 31.9 Å². The van der Waals surface area contributed by atoms with Gasteiger partial charge in [0.15, 0.2) is 6.10 Å². The number of esters is 1. The summed E-state index contributed by atoms with van der Waals surface area (Å²) in [5, 5.41) is 10.3. The van der Waals surface area contributed by atoms with Crippen molar-refractivity contribution in [2.45, 2.75) is 85.5 Å². The molecule has 3 unspecified atom stereocenters. The average Bonchev–Trinajstić information content (AvgIpc) is 3.26. The molecule has 0 bridgehead atoms. The molecule has 3 rings (SSSR count). The van der Waals surface area contributed by atoms with Crippen molar-refractivity contribution in [3.05, 3.63) is 83.1 Å². The Hall–Kier alpha value is -1.70. The maximum atomic E-state index is 12.5. The van der Waals surface area contributed by atoms with Gasteiger partial charge in [0.25, 0.3) is 0 Å². The van der Waals surface area contributed by atoms with E-state index in [2.05, 4.69) is 78.0 Å². The van der Waals surface area contributed by atoms with E-state index in [0.29, 0.717) is 30.8 Å². The fourth-order valence-electron chi connectivity index (χ4n) is 5.58. The molecule has 0 aromatic heterocycles. The van der Waals surface area contributed by atoms with Gasteiger partial charge in [-0.15, -0.1) is 0 Å². The third-order valence-corrected chi connectivity index (χ3v) is 12.1. The number of ether oxygens (including phenoxy) is 4. The number of aliphatic hydroxyl groups is 1. The summed E-state index contributed by atoms with van der Waals surface area (Å²) in [4.78, 5) is 16.6. The van der Waals surface area contributed by atoms with Gasteiger partial charge in [0.2, 0.25) is 0 Å². The number of carbonyl (C=O) groups excluding carboxylic acids is 1. The van der Waals surface area contributed by atoms with Crippen molar-refractivity contribution in [2.75, 3.05) is 34.1 Å². The van der Waals surface area contributed by atoms with E-state index in [1.54, 1.807) is 6.92 Å². The molecule has 270 valence electrons. The standard InChI is InChI=1S/C39H58I2O7/c1-8-10-14-31-18-16-28(3)17-20-33(47-30(5)39(43)44-22-11-9-2)15-12-13-29(4)26-46-36-21-19-32-23-34(24-40-25-35(32)38(31)36)45-27-37(42)48-41(6)7/h8,10,12-13,15,17,20-21,23,25,28-32,37,42H,9,11,14,16,18-19,22,24,26-27H2,1-7H3/b10-8+,13-12+,20-17?,33-15+/t28?,29-,30-,31+,32?,37?/m1/s1. The van der Waals surface area contributed by atoms with Gasteiger partial charge in [-0.3, -0.25) is 0 Å². The van der Waals surface area contributed by atoms with E-state index in [4.69, 9.17) is 22.0 Å². The Bertz CT molecular complexity index is 1270. The third kappa shape index (κ3) is 14.3. The quantitative estimate of drug-likeness (QED) is 0.0493. The Morgan fingerprint density at radius 2 is 2.02 bits per heavy atom. The van der Waals surface area contributed by atoms with Crippen LogP contribution < -0.4 is 0 Å². The first-order chi connectivity index (χ1) is 23.1. The van der Waals surface area contributed by atoms with Crippen LogP contribution in [-0.4, -0.2) is 61.6 Å². The van der Waals surface area contributed by atoms with E-state index in [1.165, 1.54) is 11.1 Å². The van der Waals surface area contributed by atoms with Gasteiger partial charge in [-0.25, -0.2) is 4.79 Å². The second-order valence-corrected chi connectivity index (χ2v) is 19.5. The minimum atomic E-state index is -1.51. The van der Waals surface area contributed by atoms with Gasteiger partial charge in [-0.2, -0.15) is 0 Å². The molecule has 0 aromatic rings. The molecule has 3 aliphatic rings. The number of carbonyl (C=O) groups is 1. The molecule has 0 aromatic carbocycles. The Balaban J connectivity index is 1.88. The molecule has 0 saturated carbocycles. The predicted octanol–water partition coefficient (Wildman–Crippen LogP) is 9.30.